The molecular weight excluding hydrogens is 422 g/mol. The first kappa shape index (κ1) is 27.9. The maximum Gasteiger partial charge on any atom is 2.00 e. The Morgan fingerprint density at radius 2 is 1.39 bits per heavy atom. The summed E-state index contributed by atoms with van der Waals surface area (Å²) in [4.78, 5) is 12.9. The molecule has 28 heavy (non-hydrogen) atoms. The normalized spacial score (nSPS) is 17.5. The fourth-order valence-corrected chi connectivity index (χ4v) is 10.3. The molecule has 0 spiro atoms. The second-order valence-electron chi connectivity index (χ2n) is 10.2. The van der Waals surface area contributed by atoms with Crippen LogP contribution in [0.2, 0.25) is 0 Å². The molecule has 1 aromatic carbocycles. The Bertz CT molecular complexity index is 646. The van der Waals surface area contributed by atoms with Gasteiger partial charge in [-0.2, -0.15) is 18.2 Å². The number of rotatable bonds is 2. The zero-order chi connectivity index (χ0) is 21.0. The second-order valence-corrected chi connectivity index (χ2v) is 16.8. The zero-order valence-electron chi connectivity index (χ0n) is 19.4. The van der Waals surface area contributed by atoms with Crippen LogP contribution in [0.15, 0.2) is 54.1 Å². The van der Waals surface area contributed by atoms with Gasteiger partial charge < -0.3 is 4.89 Å². The van der Waals surface area contributed by atoms with Gasteiger partial charge in [0.2, 0.25) is 0 Å². The predicted octanol–water partition coefficient (Wildman–Crippen LogP) is 7.08. The minimum absolute atomic E-state index is 0. The molecule has 0 fully saturated rings. The van der Waals surface area contributed by atoms with E-state index in [1.165, 1.54) is 5.57 Å². The van der Waals surface area contributed by atoms with Gasteiger partial charge in [-0.15, -0.1) is 0 Å². The van der Waals surface area contributed by atoms with Crippen molar-refractivity contribution in [2.24, 2.45) is 0 Å². The maximum absolute atomic E-state index is 12.9. The van der Waals surface area contributed by atoms with Crippen LogP contribution >= 0.6 is 15.7 Å². The fraction of sp³-hybridized carbons (Fsp3) is 0.583. The summed E-state index contributed by atoms with van der Waals surface area (Å²) in [5, 5.41) is 1.45. The first-order valence-electron chi connectivity index (χ1n) is 9.86. The third-order valence-electron chi connectivity index (χ3n) is 4.49. The molecule has 0 aliphatic heterocycles. The van der Waals surface area contributed by atoms with Crippen LogP contribution in [-0.2, 0) is 17.1 Å². The van der Waals surface area contributed by atoms with Gasteiger partial charge in [-0.1, -0.05) is 68.5 Å². The standard InChI is InChI=1S/C19H34OP2.C5H5.Fe/c1-14(21(17(2,3)4)18(5,6)7)15-12-11-13-16(15)22(20)19(8,9)10;1-2-4-5-3-1;/h11-14H,1-10H3;1-5H;/q;-1;+2/t14-;;/m1../s1. The topological polar surface area (TPSA) is 23.1 Å². The van der Waals surface area contributed by atoms with Crippen molar-refractivity contribution in [3.05, 3.63) is 54.1 Å². The smallest absolute Gasteiger partial charge is 0.630 e. The molecule has 0 heterocycles. The summed E-state index contributed by atoms with van der Waals surface area (Å²) in [5.74, 6) is 0. The summed E-state index contributed by atoms with van der Waals surface area (Å²) in [6.07, 6.45) is 6.36. The van der Waals surface area contributed by atoms with E-state index in [1.54, 1.807) is 0 Å². The van der Waals surface area contributed by atoms with Crippen molar-refractivity contribution in [1.82, 2.24) is 0 Å². The molecule has 4 heteroatoms. The molecule has 1 aromatic rings. The van der Waals surface area contributed by atoms with Gasteiger partial charge in [0.25, 0.3) is 0 Å². The van der Waals surface area contributed by atoms with Gasteiger partial charge in [-0.3, -0.25) is 0 Å². The van der Waals surface area contributed by atoms with Crippen LogP contribution in [0, 0.1) is 0 Å². The molecule has 158 valence electrons. The predicted molar refractivity (Wildman–Crippen MR) is 127 cm³/mol. The van der Waals surface area contributed by atoms with Crippen LogP contribution in [-0.4, -0.2) is 26.4 Å². The molecule has 0 saturated heterocycles. The van der Waals surface area contributed by atoms with Crippen molar-refractivity contribution in [1.29, 1.82) is 0 Å². The van der Waals surface area contributed by atoms with Crippen molar-refractivity contribution in [3.63, 3.8) is 0 Å². The third kappa shape index (κ3) is 7.97. The maximum atomic E-state index is 12.9. The van der Waals surface area contributed by atoms with Crippen molar-refractivity contribution in [2.45, 2.75) is 90.4 Å². The molecule has 2 atom stereocenters. The van der Waals surface area contributed by atoms with Crippen LogP contribution in [0.25, 0.3) is 0 Å². The average molecular weight is 461 g/mol. The summed E-state index contributed by atoms with van der Waals surface area (Å²) in [7, 11) is -1.63. The average Bonchev–Trinajstić information content (AvgIpc) is 3.16. The van der Waals surface area contributed by atoms with Crippen LogP contribution in [0.4, 0.5) is 0 Å². The van der Waals surface area contributed by atoms with E-state index in [1.807, 2.05) is 30.3 Å². The van der Waals surface area contributed by atoms with Crippen LogP contribution in [0.1, 0.15) is 69.2 Å². The van der Waals surface area contributed by atoms with Gasteiger partial charge in [0.15, 0.2) is 0 Å². The van der Waals surface area contributed by atoms with Gasteiger partial charge in [0, 0.05) is 11.2 Å². The Kier molecular flexibility index (Phi) is 10.8. The molecule has 0 amide bonds. The minimum Gasteiger partial charge on any atom is -0.630 e. The SMILES string of the molecule is C[C@H](C1=CC=C/C1=[P+](/[O-])C(C)(C)C)P(C(C)(C)C)C(C)(C)C.[Fe+2].c1cc[cH-]c1. The molecule has 2 rings (SSSR count). The molecule has 1 aliphatic carbocycles. The summed E-state index contributed by atoms with van der Waals surface area (Å²) in [6, 6.07) is 10.0. The fourth-order valence-electron chi connectivity index (χ4n) is 3.95. The Labute approximate surface area is 187 Å². The Morgan fingerprint density at radius 1 is 0.929 bits per heavy atom. The van der Waals surface area contributed by atoms with Gasteiger partial charge in [0.1, 0.15) is 10.4 Å². The van der Waals surface area contributed by atoms with E-state index in [-0.39, 0.29) is 40.5 Å². The quantitative estimate of drug-likeness (QED) is 0.262. The summed E-state index contributed by atoms with van der Waals surface area (Å²) in [6.45, 7) is 22.7. The van der Waals surface area contributed by atoms with E-state index in [0.29, 0.717) is 5.66 Å². The van der Waals surface area contributed by atoms with Crippen LogP contribution < -0.4 is 4.89 Å². The molecule has 0 N–H and O–H groups in total. The minimum atomic E-state index is -1.37. The first-order valence-corrected chi connectivity index (χ1v) is 12.5. The van der Waals surface area contributed by atoms with Gasteiger partial charge in [0.05, 0.1) is 7.77 Å². The molecule has 0 radical (unpaired) electrons. The zero-order valence-corrected chi connectivity index (χ0v) is 22.2. The van der Waals surface area contributed by atoms with Crippen molar-refractivity contribution in [2.75, 3.05) is 0 Å². The van der Waals surface area contributed by atoms with Gasteiger partial charge in [-0.05, 0) is 37.2 Å². The molecule has 0 aromatic heterocycles. The van der Waals surface area contributed by atoms with E-state index >= 15 is 0 Å². The van der Waals surface area contributed by atoms with E-state index in [4.69, 9.17) is 0 Å². The van der Waals surface area contributed by atoms with E-state index < -0.39 is 7.77 Å². The monoisotopic (exact) mass is 461 g/mol. The Hall–Kier alpha value is -0.0905. The number of allylic oxidation sites excluding steroid dienone is 4. The number of hydrogen-bond donors (Lipinski definition) is 0. The number of hydrogen-bond acceptors (Lipinski definition) is 1. The van der Waals surface area contributed by atoms with Crippen LogP contribution in [0.3, 0.4) is 0 Å². The van der Waals surface area contributed by atoms with Gasteiger partial charge in [-0.25, -0.2) is 12.1 Å². The molecule has 0 saturated carbocycles. The van der Waals surface area contributed by atoms with E-state index in [9.17, 15) is 4.89 Å². The molecule has 0 bridgehead atoms. The van der Waals surface area contributed by atoms with E-state index in [2.05, 4.69) is 87.5 Å². The largest absolute Gasteiger partial charge is 2.00 e. The van der Waals surface area contributed by atoms with Crippen molar-refractivity contribution >= 4 is 21.0 Å². The van der Waals surface area contributed by atoms with Gasteiger partial charge >= 0.3 is 17.1 Å². The molecule has 1 nitrogen and oxygen atoms in total. The van der Waals surface area contributed by atoms with Crippen molar-refractivity contribution in [3.8, 4) is 0 Å². The third-order valence-corrected chi connectivity index (χ3v) is 10.5. The molecule has 1 aliphatic rings. The van der Waals surface area contributed by atoms with E-state index in [0.717, 1.165) is 5.29 Å². The summed E-state index contributed by atoms with van der Waals surface area (Å²) < 4.78 is 0. The summed E-state index contributed by atoms with van der Waals surface area (Å²) >= 11 is 0. The Morgan fingerprint density at radius 3 is 1.71 bits per heavy atom. The Balaban J connectivity index is 0.00000105. The molecule has 1 unspecified atom stereocenters. The molecular formula is C24H39FeOP2+. The first-order chi connectivity index (χ1) is 12.2. The van der Waals surface area contributed by atoms with Crippen molar-refractivity contribution < 1.29 is 22.0 Å². The summed E-state index contributed by atoms with van der Waals surface area (Å²) in [5.41, 5.74) is 1.77. The second kappa shape index (κ2) is 10.8. The van der Waals surface area contributed by atoms with Crippen LogP contribution in [0.5, 0.6) is 0 Å².